The van der Waals surface area contributed by atoms with Gasteiger partial charge in [0.25, 0.3) is 5.91 Å². The quantitative estimate of drug-likeness (QED) is 0.906. The zero-order valence-corrected chi connectivity index (χ0v) is 12.5. The van der Waals surface area contributed by atoms with Crippen LogP contribution in [0.2, 0.25) is 5.02 Å². The van der Waals surface area contributed by atoms with Gasteiger partial charge in [0, 0.05) is 11.6 Å². The largest absolute Gasteiger partial charge is 0.482 e. The Kier molecular flexibility index (Phi) is 5.33. The Labute approximate surface area is 131 Å². The second-order valence-electron chi connectivity index (χ2n) is 4.67. The van der Waals surface area contributed by atoms with Gasteiger partial charge in [-0.3, -0.25) is 4.79 Å². The van der Waals surface area contributed by atoms with Crippen molar-refractivity contribution in [3.8, 4) is 5.75 Å². The van der Waals surface area contributed by atoms with E-state index in [4.69, 9.17) is 16.3 Å². The van der Waals surface area contributed by atoms with E-state index in [0.717, 1.165) is 12.1 Å². The van der Waals surface area contributed by atoms with E-state index in [0.29, 0.717) is 10.8 Å². The minimum Gasteiger partial charge on any atom is -0.482 e. The van der Waals surface area contributed by atoms with Crippen molar-refractivity contribution in [3.63, 3.8) is 0 Å². The molecule has 116 valence electrons. The number of hydrogen-bond acceptors (Lipinski definition) is 2. The van der Waals surface area contributed by atoms with Gasteiger partial charge in [0.05, 0.1) is 11.1 Å². The number of halogens is 3. The average Bonchev–Trinajstić information content (AvgIpc) is 2.46. The molecule has 0 bridgehead atoms. The standard InChI is InChI=1S/C16H14ClF2NO2/c1-10(12-7-6-11(18)8-14(12)19)20-16(21)9-22-15-5-3-2-4-13(15)17/h2-8,10H,9H2,1H3,(H,20,21)/t10-/m0/s1. The van der Waals surface area contributed by atoms with Crippen molar-refractivity contribution in [1.29, 1.82) is 0 Å². The second-order valence-corrected chi connectivity index (χ2v) is 5.08. The lowest BCUT2D eigenvalue weighted by molar-refractivity contribution is -0.123. The van der Waals surface area contributed by atoms with Crippen molar-refractivity contribution in [3.05, 3.63) is 64.7 Å². The number of amides is 1. The van der Waals surface area contributed by atoms with Crippen LogP contribution in [0.1, 0.15) is 18.5 Å². The number of carbonyl (C=O) groups is 1. The van der Waals surface area contributed by atoms with Crippen LogP contribution in [0.3, 0.4) is 0 Å². The van der Waals surface area contributed by atoms with Gasteiger partial charge in [-0.05, 0) is 25.1 Å². The smallest absolute Gasteiger partial charge is 0.258 e. The van der Waals surface area contributed by atoms with Crippen molar-refractivity contribution in [1.82, 2.24) is 5.32 Å². The number of benzene rings is 2. The molecule has 0 saturated heterocycles. The maximum absolute atomic E-state index is 13.6. The highest BCUT2D eigenvalue weighted by atomic mass is 35.5. The molecule has 2 aromatic carbocycles. The van der Waals surface area contributed by atoms with E-state index < -0.39 is 23.6 Å². The average molecular weight is 326 g/mol. The topological polar surface area (TPSA) is 38.3 Å². The first-order valence-electron chi connectivity index (χ1n) is 6.59. The fourth-order valence-corrected chi connectivity index (χ4v) is 2.11. The van der Waals surface area contributed by atoms with Crippen LogP contribution < -0.4 is 10.1 Å². The van der Waals surface area contributed by atoms with E-state index in [-0.39, 0.29) is 12.2 Å². The molecule has 1 N–H and O–H groups in total. The Hall–Kier alpha value is -2.14. The van der Waals surface area contributed by atoms with Gasteiger partial charge in [-0.1, -0.05) is 29.8 Å². The number of ether oxygens (including phenoxy) is 1. The van der Waals surface area contributed by atoms with E-state index in [1.807, 2.05) is 0 Å². The molecule has 0 aliphatic heterocycles. The van der Waals surface area contributed by atoms with E-state index in [1.165, 1.54) is 6.07 Å². The summed E-state index contributed by atoms with van der Waals surface area (Å²) in [6.07, 6.45) is 0. The Morgan fingerprint density at radius 2 is 2.00 bits per heavy atom. The number of para-hydroxylation sites is 1. The van der Waals surface area contributed by atoms with Crippen LogP contribution in [0, 0.1) is 11.6 Å². The maximum Gasteiger partial charge on any atom is 0.258 e. The van der Waals surface area contributed by atoms with Crippen LogP contribution >= 0.6 is 11.6 Å². The highest BCUT2D eigenvalue weighted by Gasteiger charge is 2.15. The molecule has 2 aromatic rings. The van der Waals surface area contributed by atoms with Crippen LogP contribution in [0.4, 0.5) is 8.78 Å². The van der Waals surface area contributed by atoms with E-state index in [2.05, 4.69) is 5.32 Å². The van der Waals surface area contributed by atoms with Gasteiger partial charge in [0.2, 0.25) is 0 Å². The van der Waals surface area contributed by atoms with Gasteiger partial charge >= 0.3 is 0 Å². The van der Waals surface area contributed by atoms with Gasteiger partial charge in [-0.2, -0.15) is 0 Å². The fourth-order valence-electron chi connectivity index (χ4n) is 1.92. The van der Waals surface area contributed by atoms with Gasteiger partial charge in [-0.15, -0.1) is 0 Å². The zero-order valence-electron chi connectivity index (χ0n) is 11.8. The first kappa shape index (κ1) is 16.2. The molecule has 0 spiro atoms. The Morgan fingerprint density at radius 3 is 2.68 bits per heavy atom. The fraction of sp³-hybridized carbons (Fsp3) is 0.188. The molecular weight excluding hydrogens is 312 g/mol. The molecule has 0 aliphatic carbocycles. The maximum atomic E-state index is 13.6. The molecule has 0 aromatic heterocycles. The van der Waals surface area contributed by atoms with Crippen molar-refractivity contribution < 1.29 is 18.3 Å². The van der Waals surface area contributed by atoms with Crippen molar-refractivity contribution in [2.45, 2.75) is 13.0 Å². The first-order valence-corrected chi connectivity index (χ1v) is 6.97. The first-order chi connectivity index (χ1) is 10.5. The number of nitrogens with one attached hydrogen (secondary N) is 1. The van der Waals surface area contributed by atoms with Gasteiger partial charge in [0.1, 0.15) is 17.4 Å². The Morgan fingerprint density at radius 1 is 1.27 bits per heavy atom. The predicted molar refractivity (Wildman–Crippen MR) is 79.9 cm³/mol. The van der Waals surface area contributed by atoms with Gasteiger partial charge in [-0.25, -0.2) is 8.78 Å². The third-order valence-electron chi connectivity index (χ3n) is 3.00. The molecule has 0 aliphatic rings. The summed E-state index contributed by atoms with van der Waals surface area (Å²) in [4.78, 5) is 11.8. The lowest BCUT2D eigenvalue weighted by Gasteiger charge is -2.15. The van der Waals surface area contributed by atoms with Crippen LogP contribution in [-0.4, -0.2) is 12.5 Å². The van der Waals surface area contributed by atoms with Crippen LogP contribution in [0.5, 0.6) is 5.75 Å². The number of rotatable bonds is 5. The highest BCUT2D eigenvalue weighted by molar-refractivity contribution is 6.32. The summed E-state index contributed by atoms with van der Waals surface area (Å²) in [5.41, 5.74) is 0.201. The summed E-state index contributed by atoms with van der Waals surface area (Å²) in [5.74, 6) is -1.42. The molecule has 1 atom stereocenters. The monoisotopic (exact) mass is 325 g/mol. The summed E-state index contributed by atoms with van der Waals surface area (Å²) in [7, 11) is 0. The van der Waals surface area contributed by atoms with Crippen LogP contribution in [-0.2, 0) is 4.79 Å². The molecule has 0 saturated carbocycles. The Bertz CT molecular complexity index is 679. The summed E-state index contributed by atoms with van der Waals surface area (Å²) < 4.78 is 31.8. The SMILES string of the molecule is C[C@H](NC(=O)COc1ccccc1Cl)c1ccc(F)cc1F. The van der Waals surface area contributed by atoms with Crippen molar-refractivity contribution in [2.24, 2.45) is 0 Å². The molecule has 6 heteroatoms. The number of carbonyl (C=O) groups excluding carboxylic acids is 1. The van der Waals surface area contributed by atoms with Gasteiger partial charge in [0.15, 0.2) is 6.61 Å². The van der Waals surface area contributed by atoms with E-state index in [1.54, 1.807) is 31.2 Å². The third-order valence-corrected chi connectivity index (χ3v) is 3.31. The number of hydrogen-bond donors (Lipinski definition) is 1. The Balaban J connectivity index is 1.93. The molecule has 0 unspecified atom stereocenters. The normalized spacial score (nSPS) is 11.8. The predicted octanol–water partition coefficient (Wildman–Crippen LogP) is 3.87. The summed E-state index contributed by atoms with van der Waals surface area (Å²) >= 11 is 5.90. The van der Waals surface area contributed by atoms with E-state index in [9.17, 15) is 13.6 Å². The molecule has 0 fully saturated rings. The molecule has 0 radical (unpaired) electrons. The van der Waals surface area contributed by atoms with E-state index >= 15 is 0 Å². The van der Waals surface area contributed by atoms with Crippen LogP contribution in [0.15, 0.2) is 42.5 Å². The minimum atomic E-state index is -0.708. The molecule has 3 nitrogen and oxygen atoms in total. The van der Waals surface area contributed by atoms with Crippen molar-refractivity contribution >= 4 is 17.5 Å². The van der Waals surface area contributed by atoms with Crippen molar-refractivity contribution in [2.75, 3.05) is 6.61 Å². The molecule has 1 amide bonds. The molecule has 0 heterocycles. The van der Waals surface area contributed by atoms with Crippen LogP contribution in [0.25, 0.3) is 0 Å². The minimum absolute atomic E-state index is 0.201. The second kappa shape index (κ2) is 7.22. The highest BCUT2D eigenvalue weighted by Crippen LogP contribution is 2.23. The molecule has 22 heavy (non-hydrogen) atoms. The van der Waals surface area contributed by atoms with Gasteiger partial charge < -0.3 is 10.1 Å². The third kappa shape index (κ3) is 4.18. The lowest BCUT2D eigenvalue weighted by Crippen LogP contribution is -2.31. The lowest BCUT2D eigenvalue weighted by atomic mass is 10.1. The summed E-state index contributed by atoms with van der Waals surface area (Å²) in [6.45, 7) is 1.35. The molecule has 2 rings (SSSR count). The molecular formula is C16H14ClF2NO2. The summed E-state index contributed by atoms with van der Waals surface area (Å²) in [6, 6.07) is 9.36. The summed E-state index contributed by atoms with van der Waals surface area (Å²) in [5, 5.41) is 2.97. The zero-order chi connectivity index (χ0) is 16.1.